The summed E-state index contributed by atoms with van der Waals surface area (Å²) in [5.41, 5.74) is 6.69. The lowest BCUT2D eigenvalue weighted by molar-refractivity contribution is 0.0792. The molecular formula is C15H29NO. The molecule has 1 saturated heterocycles. The maximum atomic E-state index is 6.62. The molecule has 3 atom stereocenters. The van der Waals surface area contributed by atoms with E-state index in [4.69, 9.17) is 10.5 Å². The molecule has 2 aliphatic rings. The first kappa shape index (κ1) is 13.4. The van der Waals surface area contributed by atoms with Crippen LogP contribution in [0, 0.1) is 11.8 Å². The first-order valence-corrected chi connectivity index (χ1v) is 7.49. The van der Waals surface area contributed by atoms with Gasteiger partial charge in [0, 0.05) is 12.1 Å². The van der Waals surface area contributed by atoms with Gasteiger partial charge in [-0.1, -0.05) is 26.7 Å². The van der Waals surface area contributed by atoms with Gasteiger partial charge in [-0.3, -0.25) is 0 Å². The van der Waals surface area contributed by atoms with Crippen molar-refractivity contribution in [2.45, 2.75) is 76.9 Å². The average Bonchev–Trinajstić information content (AvgIpc) is 2.67. The van der Waals surface area contributed by atoms with Crippen LogP contribution >= 0.6 is 0 Å². The van der Waals surface area contributed by atoms with E-state index in [1.807, 2.05) is 0 Å². The van der Waals surface area contributed by atoms with Crippen LogP contribution in [-0.2, 0) is 4.74 Å². The zero-order valence-electron chi connectivity index (χ0n) is 11.6. The van der Waals surface area contributed by atoms with Gasteiger partial charge in [0.15, 0.2) is 0 Å². The van der Waals surface area contributed by atoms with E-state index in [2.05, 4.69) is 13.8 Å². The molecule has 2 heteroatoms. The van der Waals surface area contributed by atoms with Crippen LogP contribution in [0.15, 0.2) is 0 Å². The third-order valence-corrected chi connectivity index (χ3v) is 4.86. The molecule has 0 radical (unpaired) electrons. The van der Waals surface area contributed by atoms with E-state index >= 15 is 0 Å². The fraction of sp³-hybridized carbons (Fsp3) is 1.00. The summed E-state index contributed by atoms with van der Waals surface area (Å²) in [5.74, 6) is 1.71. The van der Waals surface area contributed by atoms with Crippen molar-refractivity contribution in [3.05, 3.63) is 0 Å². The Hall–Kier alpha value is -0.0800. The number of ether oxygens (including phenoxy) is 1. The van der Waals surface area contributed by atoms with Gasteiger partial charge in [-0.05, 0) is 50.4 Å². The second kappa shape index (κ2) is 5.71. The van der Waals surface area contributed by atoms with Gasteiger partial charge in [0.1, 0.15) is 0 Å². The van der Waals surface area contributed by atoms with E-state index < -0.39 is 0 Å². The lowest BCUT2D eigenvalue weighted by atomic mass is 9.83. The molecule has 0 bridgehead atoms. The van der Waals surface area contributed by atoms with Gasteiger partial charge in [-0.15, -0.1) is 0 Å². The van der Waals surface area contributed by atoms with Crippen LogP contribution in [-0.4, -0.2) is 18.2 Å². The standard InChI is InChI=1S/C15H29NO/c1-12(2)13-5-3-8-15(16,9-7-13)11-14-6-4-10-17-14/h12-14H,3-11,16H2,1-2H3. The molecule has 100 valence electrons. The smallest absolute Gasteiger partial charge is 0.0593 e. The van der Waals surface area contributed by atoms with Gasteiger partial charge < -0.3 is 10.5 Å². The second-order valence-corrected chi connectivity index (χ2v) is 6.64. The summed E-state index contributed by atoms with van der Waals surface area (Å²) in [6, 6.07) is 0. The topological polar surface area (TPSA) is 35.2 Å². The van der Waals surface area contributed by atoms with Gasteiger partial charge in [0.25, 0.3) is 0 Å². The minimum Gasteiger partial charge on any atom is -0.378 e. The van der Waals surface area contributed by atoms with Crippen molar-refractivity contribution >= 4 is 0 Å². The highest BCUT2D eigenvalue weighted by molar-refractivity contribution is 4.91. The molecule has 2 fully saturated rings. The Morgan fingerprint density at radius 2 is 2.00 bits per heavy atom. The largest absolute Gasteiger partial charge is 0.378 e. The first-order chi connectivity index (χ1) is 8.09. The van der Waals surface area contributed by atoms with Crippen molar-refractivity contribution < 1.29 is 4.74 Å². The highest BCUT2D eigenvalue weighted by atomic mass is 16.5. The van der Waals surface area contributed by atoms with Crippen LogP contribution < -0.4 is 5.73 Å². The lowest BCUT2D eigenvalue weighted by Gasteiger charge is -2.31. The summed E-state index contributed by atoms with van der Waals surface area (Å²) in [6.07, 6.45) is 10.4. The summed E-state index contributed by atoms with van der Waals surface area (Å²) >= 11 is 0. The molecule has 0 aromatic rings. The van der Waals surface area contributed by atoms with Crippen LogP contribution in [0.25, 0.3) is 0 Å². The minimum absolute atomic E-state index is 0.0681. The second-order valence-electron chi connectivity index (χ2n) is 6.64. The molecule has 1 heterocycles. The summed E-state index contributed by atoms with van der Waals surface area (Å²) in [4.78, 5) is 0. The van der Waals surface area contributed by atoms with Crippen molar-refractivity contribution in [1.29, 1.82) is 0 Å². The third-order valence-electron chi connectivity index (χ3n) is 4.86. The molecule has 1 aliphatic heterocycles. The van der Waals surface area contributed by atoms with Gasteiger partial charge in [-0.2, -0.15) is 0 Å². The number of rotatable bonds is 3. The maximum Gasteiger partial charge on any atom is 0.0593 e. The molecule has 2 rings (SSSR count). The molecule has 0 spiro atoms. The van der Waals surface area contributed by atoms with Crippen LogP contribution in [0.4, 0.5) is 0 Å². The molecule has 0 amide bonds. The van der Waals surface area contributed by atoms with Gasteiger partial charge in [-0.25, -0.2) is 0 Å². The van der Waals surface area contributed by atoms with Gasteiger partial charge >= 0.3 is 0 Å². The van der Waals surface area contributed by atoms with Gasteiger partial charge in [0.05, 0.1) is 6.10 Å². The summed E-state index contributed by atoms with van der Waals surface area (Å²) in [7, 11) is 0. The fourth-order valence-electron chi connectivity index (χ4n) is 3.59. The monoisotopic (exact) mass is 239 g/mol. The molecule has 3 unspecified atom stereocenters. The van der Waals surface area contributed by atoms with Crippen molar-refractivity contribution in [3.8, 4) is 0 Å². The van der Waals surface area contributed by atoms with Crippen LogP contribution in [0.2, 0.25) is 0 Å². The predicted molar refractivity (Wildman–Crippen MR) is 71.9 cm³/mol. The predicted octanol–water partition coefficient (Wildman–Crippen LogP) is 3.49. The molecule has 2 nitrogen and oxygen atoms in total. The van der Waals surface area contributed by atoms with Crippen LogP contribution in [0.1, 0.15) is 65.2 Å². The van der Waals surface area contributed by atoms with E-state index in [1.165, 1.54) is 44.9 Å². The Balaban J connectivity index is 1.87. The highest BCUT2D eigenvalue weighted by Gasteiger charge is 2.33. The Morgan fingerprint density at radius 1 is 1.18 bits per heavy atom. The fourth-order valence-corrected chi connectivity index (χ4v) is 3.59. The molecule has 17 heavy (non-hydrogen) atoms. The highest BCUT2D eigenvalue weighted by Crippen LogP contribution is 2.36. The molecule has 0 aromatic heterocycles. The Bertz CT molecular complexity index is 235. The van der Waals surface area contributed by atoms with E-state index in [0.29, 0.717) is 6.10 Å². The van der Waals surface area contributed by atoms with Gasteiger partial charge in [0.2, 0.25) is 0 Å². The minimum atomic E-state index is 0.0681. The molecule has 0 aromatic carbocycles. The molecule has 1 aliphatic carbocycles. The zero-order chi connectivity index (χ0) is 12.3. The molecule has 2 N–H and O–H groups in total. The Labute approximate surface area is 106 Å². The van der Waals surface area contributed by atoms with Crippen molar-refractivity contribution in [2.24, 2.45) is 17.6 Å². The van der Waals surface area contributed by atoms with E-state index in [-0.39, 0.29) is 5.54 Å². The Morgan fingerprint density at radius 3 is 2.65 bits per heavy atom. The first-order valence-electron chi connectivity index (χ1n) is 7.49. The van der Waals surface area contributed by atoms with E-state index in [1.54, 1.807) is 0 Å². The van der Waals surface area contributed by atoms with E-state index in [0.717, 1.165) is 24.9 Å². The summed E-state index contributed by atoms with van der Waals surface area (Å²) in [5, 5.41) is 0. The van der Waals surface area contributed by atoms with Crippen molar-refractivity contribution in [1.82, 2.24) is 0 Å². The van der Waals surface area contributed by atoms with E-state index in [9.17, 15) is 0 Å². The van der Waals surface area contributed by atoms with Crippen LogP contribution in [0.3, 0.4) is 0 Å². The molecule has 1 saturated carbocycles. The van der Waals surface area contributed by atoms with Crippen molar-refractivity contribution in [2.75, 3.05) is 6.61 Å². The lowest BCUT2D eigenvalue weighted by Crippen LogP contribution is -2.42. The van der Waals surface area contributed by atoms with Crippen molar-refractivity contribution in [3.63, 3.8) is 0 Å². The average molecular weight is 239 g/mol. The summed E-state index contributed by atoms with van der Waals surface area (Å²) in [6.45, 7) is 5.66. The summed E-state index contributed by atoms with van der Waals surface area (Å²) < 4.78 is 5.76. The number of nitrogens with two attached hydrogens (primary N) is 1. The maximum absolute atomic E-state index is 6.62. The number of hydrogen-bond donors (Lipinski definition) is 1. The SMILES string of the molecule is CC(C)C1CCCC(N)(CC2CCCO2)CC1. The zero-order valence-corrected chi connectivity index (χ0v) is 11.6. The quantitative estimate of drug-likeness (QED) is 0.765. The molecular weight excluding hydrogens is 210 g/mol. The number of hydrogen-bond acceptors (Lipinski definition) is 2. The Kier molecular flexibility index (Phi) is 4.48. The normalized spacial score (nSPS) is 39.5. The van der Waals surface area contributed by atoms with Crippen LogP contribution in [0.5, 0.6) is 0 Å². The third kappa shape index (κ3) is 3.69.